The minimum atomic E-state index is 0.0148. The molecule has 0 saturated carbocycles. The first-order valence-electron chi connectivity index (χ1n) is 6.46. The zero-order chi connectivity index (χ0) is 13.7. The molecular weight excluding hydrogens is 242 g/mol. The van der Waals surface area contributed by atoms with E-state index in [-0.39, 0.29) is 5.91 Å². The van der Waals surface area contributed by atoms with Crippen molar-refractivity contribution in [1.29, 1.82) is 0 Å². The van der Waals surface area contributed by atoms with Crippen LogP contribution < -0.4 is 5.32 Å². The molecule has 6 heteroatoms. The van der Waals surface area contributed by atoms with Crippen LogP contribution in [0.1, 0.15) is 24.7 Å². The van der Waals surface area contributed by atoms with Crippen LogP contribution in [-0.2, 0) is 24.4 Å². The van der Waals surface area contributed by atoms with E-state index in [1.807, 2.05) is 41.5 Å². The Bertz CT molecular complexity index is 543. The number of carbonyl (C=O) groups is 1. The molecule has 0 atom stereocenters. The van der Waals surface area contributed by atoms with Crippen molar-refractivity contribution in [3.8, 4) is 0 Å². The lowest BCUT2D eigenvalue weighted by Gasteiger charge is -2.05. The fourth-order valence-electron chi connectivity index (χ4n) is 1.79. The van der Waals surface area contributed by atoms with Crippen LogP contribution in [0.5, 0.6) is 0 Å². The van der Waals surface area contributed by atoms with E-state index < -0.39 is 0 Å². The lowest BCUT2D eigenvalue weighted by atomic mass is 10.3. The minimum Gasteiger partial charge on any atom is -0.350 e. The van der Waals surface area contributed by atoms with Gasteiger partial charge in [0.15, 0.2) is 0 Å². The molecule has 0 bridgehead atoms. The maximum Gasteiger partial charge on any atom is 0.222 e. The highest BCUT2D eigenvalue weighted by atomic mass is 16.1. The summed E-state index contributed by atoms with van der Waals surface area (Å²) in [6.45, 7) is 5.93. The van der Waals surface area contributed by atoms with Gasteiger partial charge >= 0.3 is 0 Å². The molecule has 0 aliphatic rings. The first-order chi connectivity index (χ1) is 9.19. The van der Waals surface area contributed by atoms with E-state index >= 15 is 0 Å². The number of nitrogens with one attached hydrogen (secondary N) is 1. The van der Waals surface area contributed by atoms with E-state index in [1.54, 1.807) is 6.20 Å². The predicted molar refractivity (Wildman–Crippen MR) is 71.3 cm³/mol. The summed E-state index contributed by atoms with van der Waals surface area (Å²) in [6.07, 6.45) is 4.08. The predicted octanol–water partition coefficient (Wildman–Crippen LogP) is 1.11. The second-order valence-corrected chi connectivity index (χ2v) is 4.39. The van der Waals surface area contributed by atoms with Gasteiger partial charge in [-0.15, -0.1) is 0 Å². The van der Waals surface area contributed by atoms with E-state index in [2.05, 4.69) is 15.5 Å². The minimum absolute atomic E-state index is 0.0148. The molecule has 0 aliphatic heterocycles. The average molecular weight is 261 g/mol. The number of hydrogen-bond acceptors (Lipinski definition) is 3. The summed E-state index contributed by atoms with van der Waals surface area (Å²) in [5, 5.41) is 11.3. The standard InChI is InChI=1S/C13H19N5O/c1-3-17-8-5-12(16-17)10-14-13(19)6-9-18-11(2)4-7-15-18/h4-5,7-8H,3,6,9-10H2,1-2H3,(H,14,19). The van der Waals surface area contributed by atoms with Crippen LogP contribution in [0.4, 0.5) is 0 Å². The molecular formula is C13H19N5O. The van der Waals surface area contributed by atoms with E-state index in [4.69, 9.17) is 0 Å². The number of nitrogens with zero attached hydrogens (tertiary/aromatic N) is 4. The Balaban J connectivity index is 1.74. The second-order valence-electron chi connectivity index (χ2n) is 4.39. The molecule has 0 fully saturated rings. The van der Waals surface area contributed by atoms with Crippen LogP contribution >= 0.6 is 0 Å². The number of aromatic nitrogens is 4. The molecule has 0 radical (unpaired) electrons. The lowest BCUT2D eigenvalue weighted by Crippen LogP contribution is -2.24. The van der Waals surface area contributed by atoms with Gasteiger partial charge < -0.3 is 5.32 Å². The Hall–Kier alpha value is -2.11. The highest BCUT2D eigenvalue weighted by Crippen LogP contribution is 1.99. The van der Waals surface area contributed by atoms with Crippen molar-refractivity contribution in [2.45, 2.75) is 39.9 Å². The fourth-order valence-corrected chi connectivity index (χ4v) is 1.79. The van der Waals surface area contributed by atoms with Crippen LogP contribution in [-0.4, -0.2) is 25.5 Å². The van der Waals surface area contributed by atoms with Gasteiger partial charge in [0.25, 0.3) is 0 Å². The van der Waals surface area contributed by atoms with Crippen molar-refractivity contribution in [2.24, 2.45) is 0 Å². The summed E-state index contributed by atoms with van der Waals surface area (Å²) in [6, 6.07) is 3.84. The van der Waals surface area contributed by atoms with Gasteiger partial charge in [0.05, 0.1) is 12.2 Å². The molecule has 0 spiro atoms. The molecule has 2 aromatic heterocycles. The molecule has 0 aliphatic carbocycles. The van der Waals surface area contributed by atoms with Crippen molar-refractivity contribution in [1.82, 2.24) is 24.9 Å². The molecule has 2 rings (SSSR count). The monoisotopic (exact) mass is 261 g/mol. The number of rotatable bonds is 6. The van der Waals surface area contributed by atoms with Crippen LogP contribution in [0.25, 0.3) is 0 Å². The first-order valence-corrected chi connectivity index (χ1v) is 6.46. The summed E-state index contributed by atoms with van der Waals surface area (Å²) in [4.78, 5) is 11.7. The summed E-state index contributed by atoms with van der Waals surface area (Å²) in [5.41, 5.74) is 1.94. The van der Waals surface area contributed by atoms with Gasteiger partial charge in [-0.1, -0.05) is 0 Å². The molecule has 0 saturated heterocycles. The fraction of sp³-hybridized carbons (Fsp3) is 0.462. The molecule has 1 N–H and O–H groups in total. The highest BCUT2D eigenvalue weighted by molar-refractivity contribution is 5.75. The average Bonchev–Trinajstić information content (AvgIpc) is 3.02. The molecule has 6 nitrogen and oxygen atoms in total. The zero-order valence-electron chi connectivity index (χ0n) is 11.3. The first kappa shape index (κ1) is 13.3. The van der Waals surface area contributed by atoms with Crippen molar-refractivity contribution < 1.29 is 4.79 Å². The molecule has 102 valence electrons. The smallest absolute Gasteiger partial charge is 0.222 e. The van der Waals surface area contributed by atoms with Crippen LogP contribution in [0, 0.1) is 6.92 Å². The normalized spacial score (nSPS) is 10.6. The highest BCUT2D eigenvalue weighted by Gasteiger charge is 2.05. The van der Waals surface area contributed by atoms with E-state index in [9.17, 15) is 4.79 Å². The largest absolute Gasteiger partial charge is 0.350 e. The van der Waals surface area contributed by atoms with Crippen molar-refractivity contribution >= 4 is 5.91 Å². The van der Waals surface area contributed by atoms with Gasteiger partial charge in [-0.05, 0) is 26.0 Å². The van der Waals surface area contributed by atoms with E-state index in [0.717, 1.165) is 17.9 Å². The van der Waals surface area contributed by atoms with Gasteiger partial charge in [0, 0.05) is 37.6 Å². The Morgan fingerprint density at radius 2 is 2.26 bits per heavy atom. The third kappa shape index (κ3) is 3.67. The SMILES string of the molecule is CCn1ccc(CNC(=O)CCn2nccc2C)n1. The number of aryl methyl sites for hydroxylation is 3. The number of amides is 1. The van der Waals surface area contributed by atoms with Gasteiger partial charge in [0.1, 0.15) is 0 Å². The topological polar surface area (TPSA) is 64.7 Å². The quantitative estimate of drug-likeness (QED) is 0.847. The van der Waals surface area contributed by atoms with Gasteiger partial charge in [-0.3, -0.25) is 14.2 Å². The molecule has 1 amide bonds. The molecule has 19 heavy (non-hydrogen) atoms. The van der Waals surface area contributed by atoms with Crippen molar-refractivity contribution in [3.63, 3.8) is 0 Å². The van der Waals surface area contributed by atoms with Crippen molar-refractivity contribution in [2.75, 3.05) is 0 Å². The Morgan fingerprint density at radius 1 is 1.42 bits per heavy atom. The maximum absolute atomic E-state index is 11.7. The molecule has 0 unspecified atom stereocenters. The van der Waals surface area contributed by atoms with E-state index in [0.29, 0.717) is 19.5 Å². The number of carbonyl (C=O) groups excluding carboxylic acids is 1. The summed E-state index contributed by atoms with van der Waals surface area (Å²) in [5.74, 6) is 0.0148. The second kappa shape index (κ2) is 6.17. The number of hydrogen-bond donors (Lipinski definition) is 1. The van der Waals surface area contributed by atoms with Crippen molar-refractivity contribution in [3.05, 3.63) is 35.9 Å². The Morgan fingerprint density at radius 3 is 2.89 bits per heavy atom. The van der Waals surface area contributed by atoms with Crippen LogP contribution in [0.15, 0.2) is 24.5 Å². The third-order valence-electron chi connectivity index (χ3n) is 2.97. The maximum atomic E-state index is 11.7. The Labute approximate surface area is 112 Å². The summed E-state index contributed by atoms with van der Waals surface area (Å²) in [7, 11) is 0. The van der Waals surface area contributed by atoms with Gasteiger partial charge in [0.2, 0.25) is 5.91 Å². The van der Waals surface area contributed by atoms with E-state index in [1.165, 1.54) is 0 Å². The zero-order valence-corrected chi connectivity index (χ0v) is 11.3. The molecule has 2 aromatic rings. The van der Waals surface area contributed by atoms with Crippen LogP contribution in [0.2, 0.25) is 0 Å². The third-order valence-corrected chi connectivity index (χ3v) is 2.97. The van der Waals surface area contributed by atoms with Gasteiger partial charge in [-0.25, -0.2) is 0 Å². The lowest BCUT2D eigenvalue weighted by molar-refractivity contribution is -0.121. The molecule has 0 aromatic carbocycles. The summed E-state index contributed by atoms with van der Waals surface area (Å²) < 4.78 is 3.67. The van der Waals surface area contributed by atoms with Gasteiger partial charge in [-0.2, -0.15) is 10.2 Å². The molecule has 2 heterocycles. The Kier molecular flexibility index (Phi) is 4.33. The van der Waals surface area contributed by atoms with Crippen LogP contribution in [0.3, 0.4) is 0 Å². The summed E-state index contributed by atoms with van der Waals surface area (Å²) >= 11 is 0.